The first-order valence-corrected chi connectivity index (χ1v) is 4.59. The first kappa shape index (κ1) is 8.57. The summed E-state index contributed by atoms with van der Waals surface area (Å²) in [6.07, 6.45) is 0. The predicted molar refractivity (Wildman–Crippen MR) is 53.5 cm³/mol. The van der Waals surface area contributed by atoms with E-state index in [1.54, 1.807) is 0 Å². The predicted octanol–water partition coefficient (Wildman–Crippen LogP) is 2.43. The number of nitrogens with zero attached hydrogens (tertiary/aromatic N) is 1. The largest absolute Gasteiger partial charge is 0.476 e. The Morgan fingerprint density at radius 1 is 1.46 bits per heavy atom. The maximum absolute atomic E-state index is 5.84. The van der Waals surface area contributed by atoms with Gasteiger partial charge in [0.1, 0.15) is 6.61 Å². The zero-order valence-electron chi connectivity index (χ0n) is 7.38. The van der Waals surface area contributed by atoms with Gasteiger partial charge in [-0.3, -0.25) is 0 Å². The molecule has 0 bridgehead atoms. The Morgan fingerprint density at radius 3 is 2.92 bits per heavy atom. The van der Waals surface area contributed by atoms with Gasteiger partial charge < -0.3 is 4.74 Å². The smallest absolute Gasteiger partial charge is 0.216 e. The van der Waals surface area contributed by atoms with Crippen LogP contribution < -0.4 is 0 Å². The number of aliphatic imine (C=N–C) groups is 1. The van der Waals surface area contributed by atoms with Crippen LogP contribution in [0, 0.1) is 6.92 Å². The topological polar surface area (TPSA) is 21.6 Å². The fourth-order valence-corrected chi connectivity index (χ4v) is 1.59. The second kappa shape index (κ2) is 3.38. The van der Waals surface area contributed by atoms with Crippen LogP contribution in [-0.4, -0.2) is 19.0 Å². The number of halogens is 1. The van der Waals surface area contributed by atoms with E-state index < -0.39 is 0 Å². The zero-order valence-corrected chi connectivity index (χ0v) is 8.14. The number of hydrogen-bond acceptors (Lipinski definition) is 2. The van der Waals surface area contributed by atoms with E-state index in [0.717, 1.165) is 28.6 Å². The third-order valence-electron chi connectivity index (χ3n) is 2.00. The highest BCUT2D eigenvalue weighted by atomic mass is 35.5. The SMILES string of the molecule is Cc1cc(Cl)ccc1C1=NCCO1. The Kier molecular flexibility index (Phi) is 2.23. The van der Waals surface area contributed by atoms with E-state index in [4.69, 9.17) is 16.3 Å². The van der Waals surface area contributed by atoms with Gasteiger partial charge in [0.15, 0.2) is 0 Å². The maximum Gasteiger partial charge on any atom is 0.216 e. The van der Waals surface area contributed by atoms with Gasteiger partial charge in [-0.1, -0.05) is 11.6 Å². The Labute approximate surface area is 82.2 Å². The maximum atomic E-state index is 5.84. The van der Waals surface area contributed by atoms with Crippen molar-refractivity contribution < 1.29 is 4.74 Å². The molecule has 1 aliphatic rings. The highest BCUT2D eigenvalue weighted by molar-refractivity contribution is 6.30. The van der Waals surface area contributed by atoms with Gasteiger partial charge in [-0.05, 0) is 30.7 Å². The van der Waals surface area contributed by atoms with Gasteiger partial charge in [-0.2, -0.15) is 0 Å². The molecule has 3 heteroatoms. The van der Waals surface area contributed by atoms with Gasteiger partial charge >= 0.3 is 0 Å². The minimum absolute atomic E-state index is 0.692. The molecule has 2 nitrogen and oxygen atoms in total. The molecule has 0 unspecified atom stereocenters. The summed E-state index contributed by atoms with van der Waals surface area (Å²) in [4.78, 5) is 4.25. The van der Waals surface area contributed by atoms with Crippen LogP contribution in [-0.2, 0) is 4.74 Å². The fourth-order valence-electron chi connectivity index (χ4n) is 1.37. The van der Waals surface area contributed by atoms with Crippen molar-refractivity contribution in [1.29, 1.82) is 0 Å². The molecule has 0 N–H and O–H groups in total. The number of hydrogen-bond donors (Lipinski definition) is 0. The second-order valence-electron chi connectivity index (χ2n) is 2.99. The number of rotatable bonds is 1. The van der Waals surface area contributed by atoms with E-state index >= 15 is 0 Å². The average Bonchev–Trinajstić information content (AvgIpc) is 2.56. The van der Waals surface area contributed by atoms with Gasteiger partial charge in [0.25, 0.3) is 0 Å². The molecule has 0 saturated heterocycles. The van der Waals surface area contributed by atoms with Crippen LogP contribution in [0.25, 0.3) is 0 Å². The normalized spacial score (nSPS) is 15.4. The van der Waals surface area contributed by atoms with Gasteiger partial charge in [-0.15, -0.1) is 0 Å². The van der Waals surface area contributed by atoms with Crippen LogP contribution >= 0.6 is 11.6 Å². The highest BCUT2D eigenvalue weighted by Crippen LogP contribution is 2.17. The monoisotopic (exact) mass is 195 g/mol. The van der Waals surface area contributed by atoms with Gasteiger partial charge in [0, 0.05) is 10.6 Å². The van der Waals surface area contributed by atoms with Crippen LogP contribution in [0.4, 0.5) is 0 Å². The molecule has 0 saturated carbocycles. The summed E-state index contributed by atoms with van der Waals surface area (Å²) in [6, 6.07) is 5.72. The molecule has 0 fully saturated rings. The average molecular weight is 196 g/mol. The van der Waals surface area contributed by atoms with Crippen molar-refractivity contribution in [3.63, 3.8) is 0 Å². The molecule has 0 spiro atoms. The van der Waals surface area contributed by atoms with Crippen molar-refractivity contribution in [1.82, 2.24) is 0 Å². The number of benzene rings is 1. The van der Waals surface area contributed by atoms with Crippen LogP contribution in [0.3, 0.4) is 0 Å². The molecule has 1 heterocycles. The summed E-state index contributed by atoms with van der Waals surface area (Å²) >= 11 is 5.84. The molecular formula is C10H10ClNO. The molecule has 0 amide bonds. The Bertz CT molecular complexity index is 360. The van der Waals surface area contributed by atoms with E-state index in [-0.39, 0.29) is 0 Å². The first-order valence-electron chi connectivity index (χ1n) is 4.21. The molecule has 0 radical (unpaired) electrons. The second-order valence-corrected chi connectivity index (χ2v) is 3.43. The highest BCUT2D eigenvalue weighted by Gasteiger charge is 2.12. The fraction of sp³-hybridized carbons (Fsp3) is 0.300. The minimum atomic E-state index is 0.692. The van der Waals surface area contributed by atoms with Crippen molar-refractivity contribution in [2.45, 2.75) is 6.92 Å². The minimum Gasteiger partial charge on any atom is -0.476 e. The summed E-state index contributed by atoms with van der Waals surface area (Å²) in [5, 5.41) is 0.750. The summed E-state index contributed by atoms with van der Waals surface area (Å²) in [6.45, 7) is 3.46. The van der Waals surface area contributed by atoms with Crippen LogP contribution in [0.15, 0.2) is 23.2 Å². The third-order valence-corrected chi connectivity index (χ3v) is 2.24. The quantitative estimate of drug-likeness (QED) is 0.675. The molecule has 1 aromatic rings. The molecular weight excluding hydrogens is 186 g/mol. The van der Waals surface area contributed by atoms with Crippen LogP contribution in [0.5, 0.6) is 0 Å². The van der Waals surface area contributed by atoms with Crippen molar-refractivity contribution >= 4 is 17.5 Å². The molecule has 1 aliphatic heterocycles. The number of aryl methyl sites for hydroxylation is 1. The molecule has 0 aliphatic carbocycles. The molecule has 1 aromatic carbocycles. The van der Waals surface area contributed by atoms with E-state index in [1.165, 1.54) is 0 Å². The van der Waals surface area contributed by atoms with E-state index in [0.29, 0.717) is 6.61 Å². The molecule has 13 heavy (non-hydrogen) atoms. The summed E-state index contributed by atoms with van der Waals surface area (Å²) < 4.78 is 5.37. The lowest BCUT2D eigenvalue weighted by Gasteiger charge is -2.05. The summed E-state index contributed by atoms with van der Waals surface area (Å²) in [5.41, 5.74) is 2.15. The lowest BCUT2D eigenvalue weighted by Crippen LogP contribution is -2.03. The summed E-state index contributed by atoms with van der Waals surface area (Å²) in [5.74, 6) is 0.745. The molecule has 68 valence electrons. The molecule has 2 rings (SSSR count). The molecule has 0 atom stereocenters. The van der Waals surface area contributed by atoms with Gasteiger partial charge in [-0.25, -0.2) is 4.99 Å². The van der Waals surface area contributed by atoms with Gasteiger partial charge in [0.05, 0.1) is 6.54 Å². The molecule has 0 aromatic heterocycles. The Balaban J connectivity index is 2.40. The Morgan fingerprint density at radius 2 is 2.31 bits per heavy atom. The van der Waals surface area contributed by atoms with Crippen LogP contribution in [0.1, 0.15) is 11.1 Å². The van der Waals surface area contributed by atoms with Crippen molar-refractivity contribution in [3.05, 3.63) is 34.3 Å². The zero-order chi connectivity index (χ0) is 9.26. The van der Waals surface area contributed by atoms with Crippen molar-refractivity contribution in [2.75, 3.05) is 13.2 Å². The van der Waals surface area contributed by atoms with Crippen molar-refractivity contribution in [3.8, 4) is 0 Å². The lowest BCUT2D eigenvalue weighted by molar-refractivity contribution is 0.348. The van der Waals surface area contributed by atoms with E-state index in [2.05, 4.69) is 4.99 Å². The van der Waals surface area contributed by atoms with Crippen molar-refractivity contribution in [2.24, 2.45) is 4.99 Å². The third kappa shape index (κ3) is 1.68. The summed E-state index contributed by atoms with van der Waals surface area (Å²) in [7, 11) is 0. The van der Waals surface area contributed by atoms with E-state index in [1.807, 2.05) is 25.1 Å². The first-order chi connectivity index (χ1) is 6.27. The lowest BCUT2D eigenvalue weighted by atomic mass is 10.1. The van der Waals surface area contributed by atoms with Gasteiger partial charge in [0.2, 0.25) is 5.90 Å². The number of ether oxygens (including phenoxy) is 1. The standard InChI is InChI=1S/C10H10ClNO/c1-7-6-8(11)2-3-9(7)10-12-4-5-13-10/h2-3,6H,4-5H2,1H3. The van der Waals surface area contributed by atoms with E-state index in [9.17, 15) is 0 Å². The Hall–Kier alpha value is -1.02. The van der Waals surface area contributed by atoms with Crippen LogP contribution in [0.2, 0.25) is 5.02 Å².